The van der Waals surface area contributed by atoms with E-state index < -0.39 is 0 Å². The Balaban J connectivity index is 2.99. The van der Waals surface area contributed by atoms with Crippen LogP contribution < -0.4 is 0 Å². The Kier molecular flexibility index (Phi) is 3.25. The highest BCUT2D eigenvalue weighted by Gasteiger charge is 1.96. The molecule has 2 heteroatoms. The van der Waals surface area contributed by atoms with E-state index in [1.807, 2.05) is 0 Å². The molecule has 0 bridgehead atoms. The zero-order valence-corrected chi connectivity index (χ0v) is 6.23. The van der Waals surface area contributed by atoms with Gasteiger partial charge in [-0.2, -0.15) is 12.6 Å². The summed E-state index contributed by atoms with van der Waals surface area (Å²) in [5.74, 6) is 0. The van der Waals surface area contributed by atoms with E-state index in [1.165, 1.54) is 0 Å². The summed E-state index contributed by atoms with van der Waals surface area (Å²) in [6, 6.07) is 0. The molecule has 0 amide bonds. The monoisotopic (exact) mass is 122 g/mol. The largest absolute Gasteiger partial charge is 0.176 e. The summed E-state index contributed by atoms with van der Waals surface area (Å²) in [6.45, 7) is 4.21. The molecule has 0 saturated carbocycles. The Labute approximate surface area is 47.3 Å². The van der Waals surface area contributed by atoms with Crippen molar-refractivity contribution in [1.29, 1.82) is 0 Å². The first-order valence-corrected chi connectivity index (χ1v) is 3.26. The molecule has 0 N–H and O–H groups in total. The van der Waals surface area contributed by atoms with Crippen molar-refractivity contribution in [3.05, 3.63) is 0 Å². The minimum atomic E-state index is 0.509. The lowest BCUT2D eigenvalue weighted by molar-refractivity contribution is 0.935. The third-order valence-electron chi connectivity index (χ3n) is 0.761. The highest BCUT2D eigenvalue weighted by molar-refractivity contribution is 7.81. The second-order valence-corrected chi connectivity index (χ2v) is 3.47. The van der Waals surface area contributed by atoms with E-state index in [-0.39, 0.29) is 0 Å². The maximum Gasteiger partial charge on any atom is 0.00486 e. The molecule has 0 saturated heterocycles. The normalized spacial score (nSPS) is 20.0. The molecule has 0 aliphatic carbocycles. The summed E-state index contributed by atoms with van der Waals surface area (Å²) in [4.78, 5) is 0. The lowest BCUT2D eigenvalue weighted by Crippen LogP contribution is -2.03. The fourth-order valence-corrected chi connectivity index (χ4v) is 0. The van der Waals surface area contributed by atoms with Crippen LogP contribution in [-0.4, -0.2) is 10.9 Å². The number of hydrogen-bond acceptors (Lipinski definition) is 1. The van der Waals surface area contributed by atoms with E-state index in [9.17, 15) is 0 Å². The van der Waals surface area contributed by atoms with Crippen LogP contribution in [-0.2, 0) is 0 Å². The van der Waals surface area contributed by atoms with Gasteiger partial charge in [0.15, 0.2) is 0 Å². The van der Waals surface area contributed by atoms with Gasteiger partial charge in [-0.15, -0.1) is 9.24 Å². The molecule has 0 nitrogen and oxygen atoms in total. The van der Waals surface area contributed by atoms with Gasteiger partial charge in [0.25, 0.3) is 0 Å². The summed E-state index contributed by atoms with van der Waals surface area (Å²) in [7, 11) is 2.70. The number of hydrogen-bond donors (Lipinski definition) is 1. The van der Waals surface area contributed by atoms with Gasteiger partial charge in [-0.3, -0.25) is 0 Å². The third kappa shape index (κ3) is 2.99. The van der Waals surface area contributed by atoms with E-state index in [4.69, 9.17) is 0 Å². The van der Waals surface area contributed by atoms with E-state index in [1.54, 1.807) is 0 Å². The molecular formula is C4H11PS. The van der Waals surface area contributed by atoms with Crippen LogP contribution in [0.3, 0.4) is 0 Å². The Hall–Kier alpha value is 0.780. The van der Waals surface area contributed by atoms with Crippen molar-refractivity contribution >= 4 is 21.9 Å². The van der Waals surface area contributed by atoms with Crippen molar-refractivity contribution in [3.63, 3.8) is 0 Å². The summed E-state index contributed by atoms with van der Waals surface area (Å²) in [5, 5.41) is 0.509. The fourth-order valence-electron chi connectivity index (χ4n) is 0. The Morgan fingerprint density at radius 1 is 1.50 bits per heavy atom. The second-order valence-electron chi connectivity index (χ2n) is 1.60. The van der Waals surface area contributed by atoms with Crippen LogP contribution in [0.25, 0.3) is 0 Å². The highest BCUT2D eigenvalue weighted by atomic mass is 32.1. The predicted octanol–water partition coefficient (Wildman–Crippen LogP) is 1.57. The zero-order chi connectivity index (χ0) is 5.15. The Morgan fingerprint density at radius 3 is 1.67 bits per heavy atom. The minimum Gasteiger partial charge on any atom is -0.176 e. The van der Waals surface area contributed by atoms with Gasteiger partial charge >= 0.3 is 0 Å². The van der Waals surface area contributed by atoms with E-state index in [2.05, 4.69) is 35.7 Å². The highest BCUT2D eigenvalue weighted by Crippen LogP contribution is 2.08. The molecule has 0 spiro atoms. The average Bonchev–Trinajstić information content (AvgIpc) is 1.36. The van der Waals surface area contributed by atoms with Crippen molar-refractivity contribution in [2.45, 2.75) is 24.8 Å². The fraction of sp³-hybridized carbons (Fsp3) is 1.00. The summed E-state index contributed by atoms with van der Waals surface area (Å²) >= 11 is 4.17. The van der Waals surface area contributed by atoms with Crippen molar-refractivity contribution in [2.24, 2.45) is 0 Å². The molecule has 3 atom stereocenters. The average molecular weight is 122 g/mol. The van der Waals surface area contributed by atoms with Crippen molar-refractivity contribution in [1.82, 2.24) is 0 Å². The van der Waals surface area contributed by atoms with Gasteiger partial charge in [-0.1, -0.05) is 13.8 Å². The van der Waals surface area contributed by atoms with Crippen molar-refractivity contribution in [2.75, 3.05) is 0 Å². The molecule has 3 unspecified atom stereocenters. The molecule has 0 fully saturated rings. The molecule has 0 aliphatic heterocycles. The van der Waals surface area contributed by atoms with E-state index in [0.29, 0.717) is 10.9 Å². The lowest BCUT2D eigenvalue weighted by Gasteiger charge is -2.04. The quantitative estimate of drug-likeness (QED) is 0.396. The molecular weight excluding hydrogens is 111 g/mol. The molecule has 38 valence electrons. The maximum absolute atomic E-state index is 4.17. The molecule has 0 heterocycles. The molecule has 0 aromatic carbocycles. The van der Waals surface area contributed by atoms with Crippen LogP contribution >= 0.6 is 21.9 Å². The Morgan fingerprint density at radius 2 is 1.67 bits per heavy atom. The smallest absolute Gasteiger partial charge is 0.00486 e. The summed E-state index contributed by atoms with van der Waals surface area (Å²) in [6.07, 6.45) is 0. The molecule has 0 radical (unpaired) electrons. The van der Waals surface area contributed by atoms with Crippen molar-refractivity contribution < 1.29 is 0 Å². The zero-order valence-electron chi connectivity index (χ0n) is 4.18. The van der Waals surface area contributed by atoms with Gasteiger partial charge in [0.05, 0.1) is 0 Å². The predicted molar refractivity (Wildman–Crippen MR) is 37.6 cm³/mol. The minimum absolute atomic E-state index is 0.509. The van der Waals surface area contributed by atoms with Crippen LogP contribution in [0.2, 0.25) is 0 Å². The standard InChI is InChI=1S/C4H11PS/c1-3(5)4(2)6/h3-4,6H,5H2,1-2H3. The molecule has 0 rings (SSSR count). The number of rotatable bonds is 1. The maximum atomic E-state index is 4.17. The summed E-state index contributed by atoms with van der Waals surface area (Å²) in [5.41, 5.74) is 0.633. The lowest BCUT2D eigenvalue weighted by atomic mass is 10.4. The summed E-state index contributed by atoms with van der Waals surface area (Å²) < 4.78 is 0. The molecule has 0 aromatic heterocycles. The third-order valence-corrected chi connectivity index (χ3v) is 2.13. The van der Waals surface area contributed by atoms with Crippen LogP contribution in [0.4, 0.5) is 0 Å². The topological polar surface area (TPSA) is 0 Å². The first-order valence-electron chi connectivity index (χ1n) is 2.08. The first-order chi connectivity index (χ1) is 2.64. The van der Waals surface area contributed by atoms with Gasteiger partial charge in [0.2, 0.25) is 0 Å². The number of thiol groups is 1. The van der Waals surface area contributed by atoms with Gasteiger partial charge in [0, 0.05) is 5.25 Å². The van der Waals surface area contributed by atoms with Gasteiger partial charge in [-0.05, 0) is 5.66 Å². The molecule has 0 aliphatic rings. The van der Waals surface area contributed by atoms with Gasteiger partial charge < -0.3 is 0 Å². The molecule has 6 heavy (non-hydrogen) atoms. The SMILES string of the molecule is CC(P)C(C)S. The first kappa shape index (κ1) is 6.78. The molecule has 0 aromatic rings. The van der Waals surface area contributed by atoms with Crippen LogP contribution in [0.5, 0.6) is 0 Å². The van der Waals surface area contributed by atoms with Gasteiger partial charge in [0.1, 0.15) is 0 Å². The van der Waals surface area contributed by atoms with Crippen LogP contribution in [0.1, 0.15) is 13.8 Å². The van der Waals surface area contributed by atoms with E-state index >= 15 is 0 Å². The van der Waals surface area contributed by atoms with Crippen LogP contribution in [0, 0.1) is 0 Å². The van der Waals surface area contributed by atoms with Crippen molar-refractivity contribution in [3.8, 4) is 0 Å². The van der Waals surface area contributed by atoms with Crippen LogP contribution in [0.15, 0.2) is 0 Å². The second kappa shape index (κ2) is 2.87. The van der Waals surface area contributed by atoms with E-state index in [0.717, 1.165) is 0 Å². The Bertz CT molecular complexity index is 28.5. The van der Waals surface area contributed by atoms with Gasteiger partial charge in [-0.25, -0.2) is 0 Å².